The Morgan fingerprint density at radius 1 is 0.964 bits per heavy atom. The van der Waals surface area contributed by atoms with Crippen molar-refractivity contribution in [1.29, 1.82) is 0 Å². The summed E-state index contributed by atoms with van der Waals surface area (Å²) >= 11 is 6.18. The van der Waals surface area contributed by atoms with Gasteiger partial charge in [-0.15, -0.1) is 0 Å². The summed E-state index contributed by atoms with van der Waals surface area (Å²) < 4.78 is 0. The van der Waals surface area contributed by atoms with Gasteiger partial charge >= 0.3 is 0 Å². The van der Waals surface area contributed by atoms with Crippen molar-refractivity contribution in [1.82, 2.24) is 4.98 Å². The molecular weight excluding hydrogens is 368 g/mol. The zero-order valence-electron chi connectivity index (χ0n) is 15.9. The molecule has 140 valence electrons. The van der Waals surface area contributed by atoms with Crippen LogP contribution in [-0.2, 0) is 6.54 Å². The van der Waals surface area contributed by atoms with Gasteiger partial charge in [0.2, 0.25) is 0 Å². The van der Waals surface area contributed by atoms with Gasteiger partial charge in [-0.05, 0) is 55.3 Å². The summed E-state index contributed by atoms with van der Waals surface area (Å²) in [5, 5.41) is 1.79. The highest BCUT2D eigenvalue weighted by molar-refractivity contribution is 6.30. The number of nitrogens with one attached hydrogen (secondary N) is 1. The SMILES string of the molecule is Cc1[nH]c2c(N(Cc3cccc(Cl)c3)C(=O)c3ccccc3)cccc2c1C. The molecule has 0 aliphatic heterocycles. The van der Waals surface area contributed by atoms with Crippen molar-refractivity contribution in [2.24, 2.45) is 0 Å². The highest BCUT2D eigenvalue weighted by Crippen LogP contribution is 2.32. The molecule has 0 saturated carbocycles. The summed E-state index contributed by atoms with van der Waals surface area (Å²) in [6.45, 7) is 4.59. The number of aromatic amines is 1. The van der Waals surface area contributed by atoms with Crippen LogP contribution in [0.15, 0.2) is 72.8 Å². The molecule has 0 saturated heterocycles. The number of carbonyl (C=O) groups is 1. The number of amides is 1. The Morgan fingerprint density at radius 3 is 2.46 bits per heavy atom. The molecule has 0 aliphatic rings. The van der Waals surface area contributed by atoms with Gasteiger partial charge in [0.05, 0.1) is 17.7 Å². The largest absolute Gasteiger partial charge is 0.357 e. The van der Waals surface area contributed by atoms with E-state index >= 15 is 0 Å². The van der Waals surface area contributed by atoms with Gasteiger partial charge in [-0.2, -0.15) is 0 Å². The predicted molar refractivity (Wildman–Crippen MR) is 116 cm³/mol. The highest BCUT2D eigenvalue weighted by atomic mass is 35.5. The number of H-pyrrole nitrogens is 1. The Bertz CT molecular complexity index is 1150. The number of aryl methyl sites for hydroxylation is 2. The Hall–Kier alpha value is -3.04. The maximum Gasteiger partial charge on any atom is 0.258 e. The molecule has 1 N–H and O–H groups in total. The first kappa shape index (κ1) is 18.3. The number of hydrogen-bond donors (Lipinski definition) is 1. The average Bonchev–Trinajstić information content (AvgIpc) is 3.01. The molecule has 4 aromatic rings. The number of rotatable bonds is 4. The molecule has 3 nitrogen and oxygen atoms in total. The van der Waals surface area contributed by atoms with Gasteiger partial charge in [-0.1, -0.05) is 54.1 Å². The third-order valence-corrected chi connectivity index (χ3v) is 5.34. The van der Waals surface area contributed by atoms with Gasteiger partial charge in [0.1, 0.15) is 0 Å². The van der Waals surface area contributed by atoms with E-state index in [0.717, 1.165) is 27.8 Å². The first-order valence-electron chi connectivity index (χ1n) is 9.24. The number of nitrogens with zero attached hydrogens (tertiary/aromatic N) is 1. The second kappa shape index (κ2) is 7.53. The van der Waals surface area contributed by atoms with Crippen molar-refractivity contribution in [3.63, 3.8) is 0 Å². The van der Waals surface area contributed by atoms with Crippen LogP contribution in [0.3, 0.4) is 0 Å². The lowest BCUT2D eigenvalue weighted by Crippen LogP contribution is -2.30. The molecule has 0 aliphatic carbocycles. The van der Waals surface area contributed by atoms with E-state index in [-0.39, 0.29) is 5.91 Å². The fraction of sp³-hybridized carbons (Fsp3) is 0.125. The second-order valence-electron chi connectivity index (χ2n) is 6.96. The van der Waals surface area contributed by atoms with Crippen LogP contribution in [0.2, 0.25) is 5.02 Å². The minimum Gasteiger partial charge on any atom is -0.357 e. The summed E-state index contributed by atoms with van der Waals surface area (Å²) in [5.41, 5.74) is 5.78. The summed E-state index contributed by atoms with van der Waals surface area (Å²) in [6, 6.07) is 23.1. The Kier molecular flexibility index (Phi) is 4.93. The van der Waals surface area contributed by atoms with E-state index in [1.807, 2.05) is 71.6 Å². The van der Waals surface area contributed by atoms with Crippen LogP contribution in [0.4, 0.5) is 5.69 Å². The van der Waals surface area contributed by atoms with Gasteiger partial charge in [0.15, 0.2) is 0 Å². The number of fused-ring (bicyclic) bond motifs is 1. The van der Waals surface area contributed by atoms with Crippen molar-refractivity contribution in [2.75, 3.05) is 4.90 Å². The zero-order chi connectivity index (χ0) is 19.7. The maximum atomic E-state index is 13.4. The van der Waals surface area contributed by atoms with E-state index in [9.17, 15) is 4.79 Å². The molecule has 1 amide bonds. The minimum atomic E-state index is -0.0435. The summed E-state index contributed by atoms with van der Waals surface area (Å²) in [6.07, 6.45) is 0. The molecule has 4 rings (SSSR count). The average molecular weight is 389 g/mol. The molecule has 1 heterocycles. The van der Waals surface area contributed by atoms with Crippen molar-refractivity contribution >= 4 is 34.1 Å². The quantitative estimate of drug-likeness (QED) is 0.438. The number of para-hydroxylation sites is 1. The Labute approximate surface area is 169 Å². The van der Waals surface area contributed by atoms with Gasteiger partial charge in [-0.25, -0.2) is 0 Å². The van der Waals surface area contributed by atoms with Gasteiger partial charge in [-0.3, -0.25) is 4.79 Å². The van der Waals surface area contributed by atoms with Crippen molar-refractivity contribution in [3.8, 4) is 0 Å². The van der Waals surface area contributed by atoms with Crippen LogP contribution in [0, 0.1) is 13.8 Å². The Balaban J connectivity index is 1.86. The summed E-state index contributed by atoms with van der Waals surface area (Å²) in [5.74, 6) is -0.0435. The lowest BCUT2D eigenvalue weighted by molar-refractivity contribution is 0.0985. The van der Waals surface area contributed by atoms with Crippen LogP contribution in [0.5, 0.6) is 0 Å². The van der Waals surface area contributed by atoms with Crippen molar-refractivity contribution < 1.29 is 4.79 Å². The number of anilines is 1. The predicted octanol–water partition coefficient (Wildman–Crippen LogP) is 6.29. The normalized spacial score (nSPS) is 11.0. The second-order valence-corrected chi connectivity index (χ2v) is 7.40. The van der Waals surface area contributed by atoms with Crippen LogP contribution in [-0.4, -0.2) is 10.9 Å². The van der Waals surface area contributed by atoms with E-state index in [2.05, 4.69) is 24.9 Å². The zero-order valence-corrected chi connectivity index (χ0v) is 16.6. The standard InChI is InChI=1S/C24H21ClN2O/c1-16-17(2)26-23-21(16)12-7-13-22(23)27(15-18-8-6-11-20(25)14-18)24(28)19-9-4-3-5-10-19/h3-14,26H,15H2,1-2H3. The molecule has 28 heavy (non-hydrogen) atoms. The third kappa shape index (κ3) is 3.41. The molecule has 3 aromatic carbocycles. The minimum absolute atomic E-state index is 0.0435. The number of halogens is 1. The van der Waals surface area contributed by atoms with E-state index in [1.54, 1.807) is 0 Å². The fourth-order valence-corrected chi connectivity index (χ4v) is 3.73. The van der Waals surface area contributed by atoms with Crippen LogP contribution < -0.4 is 4.90 Å². The topological polar surface area (TPSA) is 36.1 Å². The molecule has 0 unspecified atom stereocenters. The lowest BCUT2D eigenvalue weighted by atomic mass is 10.1. The molecule has 0 spiro atoms. The first-order chi connectivity index (χ1) is 13.5. The van der Waals surface area contributed by atoms with E-state index in [0.29, 0.717) is 17.1 Å². The summed E-state index contributed by atoms with van der Waals surface area (Å²) in [4.78, 5) is 18.7. The monoisotopic (exact) mass is 388 g/mol. The summed E-state index contributed by atoms with van der Waals surface area (Å²) in [7, 11) is 0. The van der Waals surface area contributed by atoms with Crippen molar-refractivity contribution in [3.05, 3.63) is 100 Å². The van der Waals surface area contributed by atoms with E-state index in [4.69, 9.17) is 11.6 Å². The maximum absolute atomic E-state index is 13.4. The van der Waals surface area contributed by atoms with Gasteiger partial charge in [0.25, 0.3) is 5.91 Å². The number of aromatic nitrogens is 1. The number of hydrogen-bond acceptors (Lipinski definition) is 1. The van der Waals surface area contributed by atoms with E-state index < -0.39 is 0 Å². The van der Waals surface area contributed by atoms with Crippen LogP contribution in [0.1, 0.15) is 27.2 Å². The van der Waals surface area contributed by atoms with Gasteiger partial charge in [0, 0.05) is 21.7 Å². The Morgan fingerprint density at radius 2 is 1.71 bits per heavy atom. The molecule has 0 atom stereocenters. The highest BCUT2D eigenvalue weighted by Gasteiger charge is 2.21. The molecule has 0 fully saturated rings. The number of benzene rings is 3. The molecule has 0 bridgehead atoms. The molecule has 1 aromatic heterocycles. The molecular formula is C24H21ClN2O. The first-order valence-corrected chi connectivity index (χ1v) is 9.61. The van der Waals surface area contributed by atoms with Crippen molar-refractivity contribution in [2.45, 2.75) is 20.4 Å². The third-order valence-electron chi connectivity index (χ3n) is 5.11. The number of carbonyl (C=O) groups excluding carboxylic acids is 1. The van der Waals surface area contributed by atoms with E-state index in [1.165, 1.54) is 5.56 Å². The van der Waals surface area contributed by atoms with Gasteiger partial charge < -0.3 is 9.88 Å². The fourth-order valence-electron chi connectivity index (χ4n) is 3.51. The molecule has 4 heteroatoms. The van der Waals surface area contributed by atoms with Crippen LogP contribution >= 0.6 is 11.6 Å². The lowest BCUT2D eigenvalue weighted by Gasteiger charge is -2.24. The smallest absolute Gasteiger partial charge is 0.258 e. The molecule has 0 radical (unpaired) electrons. The van der Waals surface area contributed by atoms with Crippen LogP contribution in [0.25, 0.3) is 10.9 Å².